The summed E-state index contributed by atoms with van der Waals surface area (Å²) in [6, 6.07) is 7.17. The number of benzene rings is 1. The number of anilines is 3. The van der Waals surface area contributed by atoms with Crippen LogP contribution < -0.4 is 16.4 Å². The van der Waals surface area contributed by atoms with Crippen LogP contribution in [0.5, 0.6) is 0 Å². The van der Waals surface area contributed by atoms with E-state index >= 15 is 0 Å². The number of hydrogen-bond donors (Lipinski definition) is 3. The maximum atomic E-state index is 6.21. The summed E-state index contributed by atoms with van der Waals surface area (Å²) in [5.74, 6) is 1.53. The van der Waals surface area contributed by atoms with Crippen LogP contribution in [0, 0.1) is 0 Å². The van der Waals surface area contributed by atoms with Gasteiger partial charge in [-0.2, -0.15) is 9.97 Å². The normalized spacial score (nSPS) is 12.0. The van der Waals surface area contributed by atoms with Crippen molar-refractivity contribution in [2.45, 2.75) is 19.9 Å². The molecule has 1 atom stereocenters. The molecule has 0 aliphatic heterocycles. The van der Waals surface area contributed by atoms with E-state index in [1.807, 2.05) is 19.9 Å². The van der Waals surface area contributed by atoms with E-state index in [4.69, 9.17) is 28.9 Å². The Balaban J connectivity index is 2.20. The van der Waals surface area contributed by atoms with Gasteiger partial charge in [0.25, 0.3) is 0 Å². The first kappa shape index (κ1) is 15.7. The van der Waals surface area contributed by atoms with Gasteiger partial charge in [0.1, 0.15) is 11.6 Å². The Labute approximate surface area is 133 Å². The van der Waals surface area contributed by atoms with Gasteiger partial charge in [0.05, 0.1) is 6.04 Å². The highest BCUT2D eigenvalue weighted by molar-refractivity contribution is 6.35. The minimum absolute atomic E-state index is 0.0430. The fourth-order valence-corrected chi connectivity index (χ4v) is 2.54. The molecule has 0 aliphatic rings. The molecule has 0 radical (unpaired) electrons. The number of nitrogen functional groups attached to an aromatic ring is 1. The van der Waals surface area contributed by atoms with Gasteiger partial charge in [-0.3, -0.25) is 0 Å². The number of nitrogens with two attached hydrogens (primary N) is 1. The number of rotatable bonds is 5. The fraction of sp³-hybridized carbons (Fsp3) is 0.286. The second-order valence-corrected chi connectivity index (χ2v) is 5.40. The third-order valence-corrected chi connectivity index (χ3v) is 3.46. The quantitative estimate of drug-likeness (QED) is 0.775. The lowest BCUT2D eigenvalue weighted by Crippen LogP contribution is -2.11. The summed E-state index contributed by atoms with van der Waals surface area (Å²) < 4.78 is 0. The van der Waals surface area contributed by atoms with Crippen LogP contribution in [0.2, 0.25) is 10.0 Å². The van der Waals surface area contributed by atoms with Crippen molar-refractivity contribution in [1.29, 1.82) is 0 Å². The van der Waals surface area contributed by atoms with Crippen molar-refractivity contribution in [3.63, 3.8) is 0 Å². The lowest BCUT2D eigenvalue weighted by atomic mass is 10.1. The predicted molar refractivity (Wildman–Crippen MR) is 89.1 cm³/mol. The molecule has 112 valence electrons. The van der Waals surface area contributed by atoms with Crippen molar-refractivity contribution in [1.82, 2.24) is 9.97 Å². The molecule has 0 aliphatic carbocycles. The first-order valence-corrected chi connectivity index (χ1v) is 7.35. The van der Waals surface area contributed by atoms with Crippen molar-refractivity contribution in [3.05, 3.63) is 39.9 Å². The molecule has 0 amide bonds. The van der Waals surface area contributed by atoms with Gasteiger partial charge in [-0.25, -0.2) is 0 Å². The van der Waals surface area contributed by atoms with Crippen LogP contribution >= 0.6 is 23.2 Å². The average Bonchev–Trinajstić information content (AvgIpc) is 2.37. The first-order valence-electron chi connectivity index (χ1n) is 6.59. The Bertz CT molecular complexity index is 633. The molecule has 4 N–H and O–H groups in total. The van der Waals surface area contributed by atoms with Gasteiger partial charge in [0.15, 0.2) is 0 Å². The van der Waals surface area contributed by atoms with Gasteiger partial charge in [-0.05, 0) is 31.5 Å². The van der Waals surface area contributed by atoms with E-state index in [9.17, 15) is 0 Å². The van der Waals surface area contributed by atoms with Crippen LogP contribution in [-0.4, -0.2) is 16.5 Å². The Hall–Kier alpha value is -1.72. The Morgan fingerprint density at radius 2 is 1.90 bits per heavy atom. The zero-order chi connectivity index (χ0) is 15.4. The molecule has 2 aromatic rings. The van der Waals surface area contributed by atoms with Crippen LogP contribution in [0.1, 0.15) is 25.5 Å². The summed E-state index contributed by atoms with van der Waals surface area (Å²) in [7, 11) is 0. The van der Waals surface area contributed by atoms with E-state index in [1.165, 1.54) is 0 Å². The Morgan fingerprint density at radius 3 is 2.57 bits per heavy atom. The number of nitrogens with zero attached hydrogens (tertiary/aromatic N) is 2. The van der Waals surface area contributed by atoms with Crippen molar-refractivity contribution in [2.75, 3.05) is 22.9 Å². The maximum Gasteiger partial charge on any atom is 0.223 e. The van der Waals surface area contributed by atoms with Gasteiger partial charge in [-0.1, -0.05) is 29.3 Å². The molecule has 0 saturated carbocycles. The molecule has 2 rings (SSSR count). The summed E-state index contributed by atoms with van der Waals surface area (Å²) in [5.41, 5.74) is 6.64. The molecule has 5 nitrogen and oxygen atoms in total. The van der Waals surface area contributed by atoms with Crippen molar-refractivity contribution in [2.24, 2.45) is 0 Å². The summed E-state index contributed by atoms with van der Waals surface area (Å²) in [6.45, 7) is 4.73. The van der Waals surface area contributed by atoms with Gasteiger partial charge in [0, 0.05) is 22.7 Å². The molecule has 7 heteroatoms. The van der Waals surface area contributed by atoms with E-state index in [-0.39, 0.29) is 12.0 Å². The third kappa shape index (κ3) is 4.12. The topological polar surface area (TPSA) is 75.9 Å². The molecule has 21 heavy (non-hydrogen) atoms. The summed E-state index contributed by atoms with van der Waals surface area (Å²) >= 11 is 12.1. The van der Waals surface area contributed by atoms with E-state index < -0.39 is 0 Å². The van der Waals surface area contributed by atoms with E-state index in [0.29, 0.717) is 21.7 Å². The highest BCUT2D eigenvalue weighted by Crippen LogP contribution is 2.28. The molecule has 0 fully saturated rings. The Morgan fingerprint density at radius 1 is 1.19 bits per heavy atom. The predicted octanol–water partition coefficient (Wildman–Crippen LogP) is 3.97. The molecule has 1 heterocycles. The number of hydrogen-bond acceptors (Lipinski definition) is 5. The van der Waals surface area contributed by atoms with Gasteiger partial charge in [0.2, 0.25) is 5.95 Å². The largest absolute Gasteiger partial charge is 0.370 e. The first-order chi connectivity index (χ1) is 9.99. The van der Waals surface area contributed by atoms with Crippen molar-refractivity contribution in [3.8, 4) is 0 Å². The maximum absolute atomic E-state index is 6.21. The molecular formula is C14H17Cl2N5. The lowest BCUT2D eigenvalue weighted by Gasteiger charge is -2.17. The zero-order valence-corrected chi connectivity index (χ0v) is 13.3. The highest BCUT2D eigenvalue weighted by atomic mass is 35.5. The zero-order valence-electron chi connectivity index (χ0n) is 11.8. The monoisotopic (exact) mass is 325 g/mol. The number of aromatic nitrogens is 2. The molecular weight excluding hydrogens is 309 g/mol. The van der Waals surface area contributed by atoms with Crippen molar-refractivity contribution < 1.29 is 0 Å². The summed E-state index contributed by atoms with van der Waals surface area (Å²) in [4.78, 5) is 8.28. The van der Waals surface area contributed by atoms with Crippen LogP contribution in [0.25, 0.3) is 0 Å². The molecule has 1 unspecified atom stereocenters. The van der Waals surface area contributed by atoms with Gasteiger partial charge < -0.3 is 16.4 Å². The minimum Gasteiger partial charge on any atom is -0.370 e. The Kier molecular flexibility index (Phi) is 5.09. The van der Waals surface area contributed by atoms with Crippen LogP contribution in [0.15, 0.2) is 24.3 Å². The lowest BCUT2D eigenvalue weighted by molar-refractivity contribution is 0.873. The average molecular weight is 326 g/mol. The summed E-state index contributed by atoms with van der Waals surface area (Å²) in [5, 5.41) is 7.58. The molecule has 0 saturated heterocycles. The molecule has 0 spiro atoms. The smallest absolute Gasteiger partial charge is 0.223 e. The second-order valence-electron chi connectivity index (χ2n) is 4.56. The van der Waals surface area contributed by atoms with E-state index in [2.05, 4.69) is 20.6 Å². The van der Waals surface area contributed by atoms with Crippen molar-refractivity contribution >= 4 is 40.8 Å². The molecule has 1 aromatic carbocycles. The van der Waals surface area contributed by atoms with E-state index in [0.717, 1.165) is 12.1 Å². The third-order valence-electron chi connectivity index (χ3n) is 2.89. The molecule has 0 bridgehead atoms. The SMILES string of the molecule is CCNc1cc(NC(C)c2ccc(Cl)cc2Cl)nc(N)n1. The highest BCUT2D eigenvalue weighted by Gasteiger charge is 2.11. The fourth-order valence-electron chi connectivity index (χ4n) is 1.96. The standard InChI is InChI=1S/C14H17Cl2N5/c1-3-18-12-7-13(21-14(17)20-12)19-8(2)10-5-4-9(15)6-11(10)16/h4-8H,3H2,1-2H3,(H4,17,18,19,20,21). The number of nitrogens with one attached hydrogen (secondary N) is 2. The van der Waals surface area contributed by atoms with Crippen LogP contribution in [0.4, 0.5) is 17.6 Å². The summed E-state index contributed by atoms with van der Waals surface area (Å²) in [6.07, 6.45) is 0. The number of halogens is 2. The van der Waals surface area contributed by atoms with Crippen LogP contribution in [-0.2, 0) is 0 Å². The van der Waals surface area contributed by atoms with E-state index in [1.54, 1.807) is 18.2 Å². The van der Waals surface area contributed by atoms with Gasteiger partial charge >= 0.3 is 0 Å². The second kappa shape index (κ2) is 6.83. The van der Waals surface area contributed by atoms with Gasteiger partial charge in [-0.15, -0.1) is 0 Å². The molecule has 1 aromatic heterocycles. The van der Waals surface area contributed by atoms with Crippen LogP contribution in [0.3, 0.4) is 0 Å². The minimum atomic E-state index is -0.0430.